The van der Waals surface area contributed by atoms with Gasteiger partial charge >= 0.3 is 0 Å². The molecule has 0 aromatic heterocycles. The second-order valence-electron chi connectivity index (χ2n) is 7.91. The molecule has 0 spiro atoms. The van der Waals surface area contributed by atoms with Crippen molar-refractivity contribution in [3.05, 3.63) is 131 Å². The Labute approximate surface area is 188 Å². The monoisotopic (exact) mass is 422 g/mol. The molecule has 4 aromatic carbocycles. The zero-order valence-electron chi connectivity index (χ0n) is 17.9. The van der Waals surface area contributed by atoms with E-state index in [0.29, 0.717) is 6.42 Å². The van der Waals surface area contributed by atoms with Gasteiger partial charge in [-0.05, 0) is 95.6 Å². The third-order valence-electron chi connectivity index (χ3n) is 5.55. The molecule has 0 heterocycles. The predicted octanol–water partition coefficient (Wildman–Crippen LogP) is 7.42. The standard InChI is InChI=1S/C30H24F2/c1-2-3-4-24-12-15-26(30(32)20-24)14-11-23-7-5-22(6-8-23)9-10-25-13-16-28-21-29(31)18-17-27(28)19-25/h2,5-8,12-13,15-21H,1,3-4,11,14H2. The molecule has 0 unspecified atom stereocenters. The SMILES string of the molecule is C=CCCc1ccc(CCc2ccc(C#Cc3ccc4cc(F)ccc4c3)cc2)c(F)c1. The van der Waals surface area contributed by atoms with Gasteiger partial charge in [-0.15, -0.1) is 6.58 Å². The summed E-state index contributed by atoms with van der Waals surface area (Å²) in [5.41, 5.74) is 4.71. The molecule has 0 atom stereocenters. The average molecular weight is 423 g/mol. The quantitative estimate of drug-likeness (QED) is 0.224. The van der Waals surface area contributed by atoms with Crippen molar-refractivity contribution in [1.29, 1.82) is 0 Å². The third kappa shape index (κ3) is 5.50. The first-order chi connectivity index (χ1) is 15.6. The molecule has 0 bridgehead atoms. The molecular formula is C30H24F2. The summed E-state index contributed by atoms with van der Waals surface area (Å²) >= 11 is 0. The predicted molar refractivity (Wildman–Crippen MR) is 129 cm³/mol. The Hall–Kier alpha value is -3.70. The highest BCUT2D eigenvalue weighted by Gasteiger charge is 2.04. The van der Waals surface area contributed by atoms with E-state index < -0.39 is 0 Å². The van der Waals surface area contributed by atoms with Crippen molar-refractivity contribution in [3.8, 4) is 11.8 Å². The van der Waals surface area contributed by atoms with Gasteiger partial charge in [-0.25, -0.2) is 8.78 Å². The molecule has 0 amide bonds. The molecule has 0 fully saturated rings. The van der Waals surface area contributed by atoms with E-state index in [9.17, 15) is 8.78 Å². The van der Waals surface area contributed by atoms with Crippen molar-refractivity contribution < 1.29 is 8.78 Å². The number of aryl methyl sites for hydroxylation is 3. The lowest BCUT2D eigenvalue weighted by atomic mass is 10.0. The smallest absolute Gasteiger partial charge is 0.126 e. The van der Waals surface area contributed by atoms with E-state index in [1.165, 1.54) is 12.1 Å². The number of hydrogen-bond acceptors (Lipinski definition) is 0. The molecule has 0 N–H and O–H groups in total. The fourth-order valence-corrected chi connectivity index (χ4v) is 3.69. The average Bonchev–Trinajstić information content (AvgIpc) is 2.81. The van der Waals surface area contributed by atoms with Crippen molar-refractivity contribution in [1.82, 2.24) is 0 Å². The molecule has 4 rings (SSSR count). The summed E-state index contributed by atoms with van der Waals surface area (Å²) in [6.45, 7) is 3.71. The minimum atomic E-state index is -0.236. The summed E-state index contributed by atoms with van der Waals surface area (Å²) in [7, 11) is 0. The van der Waals surface area contributed by atoms with Crippen molar-refractivity contribution >= 4 is 10.8 Å². The lowest BCUT2D eigenvalue weighted by molar-refractivity contribution is 0.606. The number of halogens is 2. The van der Waals surface area contributed by atoms with Gasteiger partial charge in [0, 0.05) is 11.1 Å². The fraction of sp³-hybridized carbons (Fsp3) is 0.133. The van der Waals surface area contributed by atoms with Crippen LogP contribution in [0.15, 0.2) is 91.5 Å². The highest BCUT2D eigenvalue weighted by molar-refractivity contribution is 5.84. The Bertz CT molecular complexity index is 1300. The van der Waals surface area contributed by atoms with Crippen LogP contribution < -0.4 is 0 Å². The summed E-state index contributed by atoms with van der Waals surface area (Å²) in [5.74, 6) is 5.98. The topological polar surface area (TPSA) is 0 Å². The maximum absolute atomic E-state index is 14.4. The normalized spacial score (nSPS) is 10.6. The van der Waals surface area contributed by atoms with Crippen LogP contribution in [0.25, 0.3) is 10.8 Å². The van der Waals surface area contributed by atoms with E-state index in [4.69, 9.17) is 0 Å². The van der Waals surface area contributed by atoms with Gasteiger partial charge < -0.3 is 0 Å². The van der Waals surface area contributed by atoms with E-state index in [0.717, 1.165) is 57.9 Å². The third-order valence-corrected chi connectivity index (χ3v) is 5.55. The Morgan fingerprint density at radius 3 is 2.12 bits per heavy atom. The second-order valence-corrected chi connectivity index (χ2v) is 7.91. The van der Waals surface area contributed by atoms with Crippen LogP contribution in [0.2, 0.25) is 0 Å². The number of fused-ring (bicyclic) bond motifs is 1. The molecule has 0 saturated carbocycles. The molecule has 158 valence electrons. The number of allylic oxidation sites excluding steroid dienone is 1. The molecule has 0 aliphatic rings. The van der Waals surface area contributed by atoms with Crippen LogP contribution in [0.3, 0.4) is 0 Å². The van der Waals surface area contributed by atoms with Crippen LogP contribution in [-0.4, -0.2) is 0 Å². The Balaban J connectivity index is 1.39. The first-order valence-electron chi connectivity index (χ1n) is 10.8. The van der Waals surface area contributed by atoms with E-state index in [2.05, 4.69) is 18.4 Å². The Morgan fingerprint density at radius 2 is 1.34 bits per heavy atom. The second kappa shape index (κ2) is 10.1. The van der Waals surface area contributed by atoms with Gasteiger partial charge in [0.25, 0.3) is 0 Å². The maximum Gasteiger partial charge on any atom is 0.126 e. The Kier molecular flexibility index (Phi) is 6.78. The molecule has 0 radical (unpaired) electrons. The summed E-state index contributed by atoms with van der Waals surface area (Å²) in [5, 5.41) is 1.83. The van der Waals surface area contributed by atoms with Crippen LogP contribution >= 0.6 is 0 Å². The molecule has 0 aliphatic carbocycles. The first-order valence-corrected chi connectivity index (χ1v) is 10.8. The largest absolute Gasteiger partial charge is 0.207 e. The van der Waals surface area contributed by atoms with Crippen LogP contribution in [0.4, 0.5) is 8.78 Å². The zero-order chi connectivity index (χ0) is 22.3. The lowest BCUT2D eigenvalue weighted by Gasteiger charge is -2.06. The van der Waals surface area contributed by atoms with Crippen molar-refractivity contribution in [3.63, 3.8) is 0 Å². The maximum atomic E-state index is 14.4. The van der Waals surface area contributed by atoms with Crippen LogP contribution in [0, 0.1) is 23.5 Å². The van der Waals surface area contributed by atoms with E-state index in [-0.39, 0.29) is 11.6 Å². The Morgan fingerprint density at radius 1 is 0.656 bits per heavy atom. The zero-order valence-corrected chi connectivity index (χ0v) is 17.9. The summed E-state index contributed by atoms with van der Waals surface area (Å²) in [4.78, 5) is 0. The van der Waals surface area contributed by atoms with Gasteiger partial charge in [0.05, 0.1) is 0 Å². The van der Waals surface area contributed by atoms with Gasteiger partial charge in [-0.3, -0.25) is 0 Å². The minimum absolute atomic E-state index is 0.132. The molecule has 0 nitrogen and oxygen atoms in total. The molecular weight excluding hydrogens is 398 g/mol. The first kappa shape index (κ1) is 21.5. The summed E-state index contributed by atoms with van der Waals surface area (Å²) < 4.78 is 27.7. The van der Waals surface area contributed by atoms with E-state index >= 15 is 0 Å². The molecule has 0 saturated heterocycles. The van der Waals surface area contributed by atoms with Gasteiger partial charge in [-0.1, -0.05) is 54.3 Å². The highest BCUT2D eigenvalue weighted by atomic mass is 19.1. The molecule has 0 aliphatic heterocycles. The van der Waals surface area contributed by atoms with Crippen LogP contribution in [0.5, 0.6) is 0 Å². The van der Waals surface area contributed by atoms with Gasteiger partial charge in [-0.2, -0.15) is 0 Å². The number of benzene rings is 4. The fourth-order valence-electron chi connectivity index (χ4n) is 3.69. The summed E-state index contributed by atoms with van der Waals surface area (Å²) in [6, 6.07) is 24.1. The van der Waals surface area contributed by atoms with Gasteiger partial charge in [0.2, 0.25) is 0 Å². The number of rotatable bonds is 6. The van der Waals surface area contributed by atoms with Crippen molar-refractivity contribution in [2.24, 2.45) is 0 Å². The van der Waals surface area contributed by atoms with Gasteiger partial charge in [0.15, 0.2) is 0 Å². The highest BCUT2D eigenvalue weighted by Crippen LogP contribution is 2.18. The number of hydrogen-bond donors (Lipinski definition) is 0. The molecule has 32 heavy (non-hydrogen) atoms. The van der Waals surface area contributed by atoms with E-state index in [1.54, 1.807) is 12.1 Å². The molecule has 2 heteroatoms. The minimum Gasteiger partial charge on any atom is -0.207 e. The van der Waals surface area contributed by atoms with Crippen LogP contribution in [-0.2, 0) is 19.3 Å². The van der Waals surface area contributed by atoms with Gasteiger partial charge in [0.1, 0.15) is 11.6 Å². The van der Waals surface area contributed by atoms with E-state index in [1.807, 2.05) is 60.7 Å². The van der Waals surface area contributed by atoms with Crippen molar-refractivity contribution in [2.75, 3.05) is 0 Å². The van der Waals surface area contributed by atoms with Crippen molar-refractivity contribution in [2.45, 2.75) is 25.7 Å². The lowest BCUT2D eigenvalue weighted by Crippen LogP contribution is -1.97. The molecule has 4 aromatic rings. The van der Waals surface area contributed by atoms with Crippen LogP contribution in [0.1, 0.15) is 34.2 Å². The summed E-state index contributed by atoms with van der Waals surface area (Å²) in [6.07, 6.45) is 4.97.